The highest BCUT2D eigenvalue weighted by molar-refractivity contribution is 7.47. The van der Waals surface area contributed by atoms with Gasteiger partial charge in [0.1, 0.15) is 12.6 Å². The topological polar surface area (TPSA) is 172 Å². The lowest BCUT2D eigenvalue weighted by Gasteiger charge is -2.20. The average molecular weight is 808 g/mol. The molecule has 0 amide bonds. The van der Waals surface area contributed by atoms with Crippen molar-refractivity contribution in [3.63, 3.8) is 0 Å². The van der Waals surface area contributed by atoms with Crippen molar-refractivity contribution in [3.05, 3.63) is 72.9 Å². The van der Waals surface area contributed by atoms with Crippen LogP contribution < -0.4 is 5.73 Å². The number of carboxylic acids is 1. The number of carbonyl (C=O) groups excluding carboxylic acids is 2. The molecule has 0 aromatic heterocycles. The summed E-state index contributed by atoms with van der Waals surface area (Å²) in [6.45, 7) is 2.60. The molecule has 0 heterocycles. The molecule has 0 rings (SSSR count). The first kappa shape index (κ1) is 52.9. The van der Waals surface area contributed by atoms with Gasteiger partial charge in [-0.3, -0.25) is 23.4 Å². The molecule has 0 aromatic carbocycles. The number of aliphatic carboxylic acids is 1. The molecule has 4 N–H and O–H groups in total. The Morgan fingerprint density at radius 3 is 1.46 bits per heavy atom. The van der Waals surface area contributed by atoms with E-state index in [1.54, 1.807) is 0 Å². The molecule has 3 atom stereocenters. The third-order valence-corrected chi connectivity index (χ3v) is 9.43. The zero-order valence-corrected chi connectivity index (χ0v) is 35.3. The number of carboxylic acid groups (broad SMARTS) is 1. The fraction of sp³-hybridized carbons (Fsp3) is 0.659. The van der Waals surface area contributed by atoms with Gasteiger partial charge in [0.15, 0.2) is 6.10 Å². The van der Waals surface area contributed by atoms with Crippen LogP contribution in [-0.4, -0.2) is 59.9 Å². The zero-order chi connectivity index (χ0) is 41.4. The molecule has 56 heavy (non-hydrogen) atoms. The second-order valence-corrected chi connectivity index (χ2v) is 15.2. The highest BCUT2D eigenvalue weighted by Gasteiger charge is 2.28. The van der Waals surface area contributed by atoms with E-state index in [1.807, 2.05) is 18.2 Å². The van der Waals surface area contributed by atoms with Gasteiger partial charge >= 0.3 is 25.7 Å². The van der Waals surface area contributed by atoms with Crippen LogP contribution in [0.2, 0.25) is 0 Å². The molecule has 1 unspecified atom stereocenters. The predicted octanol–water partition coefficient (Wildman–Crippen LogP) is 10.9. The molecule has 0 saturated heterocycles. The summed E-state index contributed by atoms with van der Waals surface area (Å²) in [6.07, 6.45) is 45.5. The number of rotatable bonds is 38. The van der Waals surface area contributed by atoms with E-state index in [0.29, 0.717) is 19.3 Å². The number of allylic oxidation sites excluding steroid dienone is 12. The van der Waals surface area contributed by atoms with E-state index >= 15 is 0 Å². The Balaban J connectivity index is 4.53. The number of unbranched alkanes of at least 4 members (excludes halogenated alkanes) is 12. The molecule has 320 valence electrons. The van der Waals surface area contributed by atoms with Gasteiger partial charge in [0.2, 0.25) is 0 Å². The first-order valence-corrected chi connectivity index (χ1v) is 22.5. The second-order valence-electron chi connectivity index (χ2n) is 13.7. The summed E-state index contributed by atoms with van der Waals surface area (Å²) < 4.78 is 32.6. The maximum atomic E-state index is 12.6. The second kappa shape index (κ2) is 38.8. The van der Waals surface area contributed by atoms with Gasteiger partial charge in [0.05, 0.1) is 13.2 Å². The number of ether oxygens (including phenoxy) is 2. The first-order chi connectivity index (χ1) is 27.1. The normalized spacial score (nSPS) is 14.5. The highest BCUT2D eigenvalue weighted by atomic mass is 31.2. The van der Waals surface area contributed by atoms with E-state index in [1.165, 1.54) is 57.8 Å². The molecule has 0 fully saturated rings. The molecule has 12 heteroatoms. The van der Waals surface area contributed by atoms with Crippen LogP contribution in [0.15, 0.2) is 72.9 Å². The van der Waals surface area contributed by atoms with E-state index in [-0.39, 0.29) is 19.4 Å². The molecular weight excluding hydrogens is 733 g/mol. The summed E-state index contributed by atoms with van der Waals surface area (Å²) >= 11 is 0. The number of esters is 2. The Labute approximate surface area is 338 Å². The van der Waals surface area contributed by atoms with E-state index in [0.717, 1.165) is 51.4 Å². The Hall–Kier alpha value is -3.08. The van der Waals surface area contributed by atoms with E-state index in [4.69, 9.17) is 24.8 Å². The Bertz CT molecular complexity index is 1230. The Morgan fingerprint density at radius 2 is 1.00 bits per heavy atom. The van der Waals surface area contributed by atoms with Gasteiger partial charge in [-0.15, -0.1) is 0 Å². The van der Waals surface area contributed by atoms with Crippen LogP contribution in [0.1, 0.15) is 155 Å². The zero-order valence-electron chi connectivity index (χ0n) is 34.4. The minimum atomic E-state index is -4.74. The molecule has 0 aliphatic heterocycles. The van der Waals surface area contributed by atoms with E-state index < -0.39 is 51.1 Å². The molecule has 11 nitrogen and oxygen atoms in total. The van der Waals surface area contributed by atoms with Crippen molar-refractivity contribution in [2.45, 2.75) is 167 Å². The first-order valence-electron chi connectivity index (χ1n) is 21.0. The predicted molar refractivity (Wildman–Crippen MR) is 226 cm³/mol. The minimum absolute atomic E-state index is 0.0341. The quantitative estimate of drug-likeness (QED) is 0.0235. The fourth-order valence-corrected chi connectivity index (χ4v) is 5.99. The van der Waals surface area contributed by atoms with Gasteiger partial charge < -0.3 is 25.2 Å². The van der Waals surface area contributed by atoms with Crippen molar-refractivity contribution in [1.82, 2.24) is 0 Å². The maximum Gasteiger partial charge on any atom is 0.472 e. The van der Waals surface area contributed by atoms with Crippen molar-refractivity contribution >= 4 is 25.7 Å². The third kappa shape index (κ3) is 37.8. The molecule has 0 radical (unpaired) electrons. The van der Waals surface area contributed by atoms with Gasteiger partial charge in [-0.25, -0.2) is 4.57 Å². The lowest BCUT2D eigenvalue weighted by Crippen LogP contribution is -2.34. The van der Waals surface area contributed by atoms with Crippen LogP contribution in [0, 0.1) is 0 Å². The maximum absolute atomic E-state index is 12.6. The fourth-order valence-electron chi connectivity index (χ4n) is 5.21. The number of hydrogen-bond donors (Lipinski definition) is 3. The van der Waals surface area contributed by atoms with Crippen molar-refractivity contribution in [1.29, 1.82) is 0 Å². The molecular formula is C44H74NO10P. The van der Waals surface area contributed by atoms with Crippen molar-refractivity contribution < 1.29 is 47.5 Å². The van der Waals surface area contributed by atoms with Gasteiger partial charge in [0.25, 0.3) is 0 Å². The van der Waals surface area contributed by atoms with Crippen LogP contribution in [0.4, 0.5) is 0 Å². The van der Waals surface area contributed by atoms with Crippen molar-refractivity contribution in [2.75, 3.05) is 19.8 Å². The standard InChI is InChI=1S/C44H74NO10P/c1-3-5-7-9-11-13-15-17-18-19-20-21-22-24-26-28-30-32-34-36-43(47)55-40(38-53-56(50,51)54-39-41(45)44(48)49)37-52-42(46)35-33-31-29-27-25-23-16-14-12-10-8-6-4-2/h5,7,11,13,17-18,20-21,24,26,30,32,40-41H,3-4,6,8-10,12,14-16,19,22-23,25,27-29,31,33-39,45H2,1-2H3,(H,48,49)(H,50,51)/t40-,41+/m1/s1. The van der Waals surface area contributed by atoms with E-state index in [2.05, 4.69) is 73.1 Å². The number of hydrogen-bond acceptors (Lipinski definition) is 9. The third-order valence-electron chi connectivity index (χ3n) is 8.48. The summed E-state index contributed by atoms with van der Waals surface area (Å²) in [5.41, 5.74) is 5.32. The summed E-state index contributed by atoms with van der Waals surface area (Å²) in [7, 11) is -4.74. The highest BCUT2D eigenvalue weighted by Crippen LogP contribution is 2.43. The number of carbonyl (C=O) groups is 3. The van der Waals surface area contributed by atoms with Crippen LogP contribution in [0.25, 0.3) is 0 Å². The largest absolute Gasteiger partial charge is 0.480 e. The number of phosphoric ester groups is 1. The molecule has 0 aliphatic carbocycles. The number of phosphoric acid groups is 1. The summed E-state index contributed by atoms with van der Waals surface area (Å²) in [6, 6.07) is -1.53. The van der Waals surface area contributed by atoms with Gasteiger partial charge in [-0.1, -0.05) is 164 Å². The van der Waals surface area contributed by atoms with Crippen LogP contribution in [0.5, 0.6) is 0 Å². The average Bonchev–Trinajstić information content (AvgIpc) is 3.17. The van der Waals surface area contributed by atoms with Gasteiger partial charge in [0, 0.05) is 12.8 Å². The van der Waals surface area contributed by atoms with Crippen LogP contribution >= 0.6 is 7.82 Å². The smallest absolute Gasteiger partial charge is 0.472 e. The lowest BCUT2D eigenvalue weighted by atomic mass is 10.0. The molecule has 0 aliphatic rings. The Kier molecular flexibility index (Phi) is 36.6. The monoisotopic (exact) mass is 808 g/mol. The summed E-state index contributed by atoms with van der Waals surface area (Å²) in [4.78, 5) is 45.8. The molecule has 0 spiro atoms. The van der Waals surface area contributed by atoms with E-state index in [9.17, 15) is 23.8 Å². The van der Waals surface area contributed by atoms with Crippen LogP contribution in [-0.2, 0) is 37.5 Å². The van der Waals surface area contributed by atoms with Gasteiger partial charge in [-0.05, 0) is 51.4 Å². The molecule has 0 bridgehead atoms. The van der Waals surface area contributed by atoms with Crippen molar-refractivity contribution in [3.8, 4) is 0 Å². The Morgan fingerprint density at radius 1 is 0.571 bits per heavy atom. The number of nitrogens with two attached hydrogens (primary N) is 1. The van der Waals surface area contributed by atoms with Gasteiger partial charge in [-0.2, -0.15) is 0 Å². The summed E-state index contributed by atoms with van der Waals surface area (Å²) in [5.74, 6) is -2.49. The molecule has 0 saturated carbocycles. The lowest BCUT2D eigenvalue weighted by molar-refractivity contribution is -0.161. The summed E-state index contributed by atoms with van der Waals surface area (Å²) in [5, 5.41) is 8.88. The van der Waals surface area contributed by atoms with Crippen LogP contribution in [0.3, 0.4) is 0 Å². The SMILES string of the molecule is CCC=CCC=CCC=CCC=CCC=CCC=CCCC(=O)O[C@H](COC(=O)CCCCCCCCCCCCCCC)COP(=O)(O)OC[C@H](N)C(=O)O. The van der Waals surface area contributed by atoms with Crippen molar-refractivity contribution in [2.24, 2.45) is 5.73 Å². The minimum Gasteiger partial charge on any atom is -0.480 e. The molecule has 0 aromatic rings.